The third kappa shape index (κ3) is 1.98. The molecule has 102 valence electrons. The van der Waals surface area contributed by atoms with Crippen LogP contribution in [0.5, 0.6) is 5.88 Å². The number of aliphatic imine (C=N–C) groups is 1. The van der Waals surface area contributed by atoms with Crippen LogP contribution in [0.1, 0.15) is 31.1 Å². The Morgan fingerprint density at radius 2 is 2.25 bits per heavy atom. The van der Waals surface area contributed by atoms with Gasteiger partial charge in [-0.3, -0.25) is 14.5 Å². The zero-order chi connectivity index (χ0) is 14.3. The van der Waals surface area contributed by atoms with Crippen LogP contribution in [-0.2, 0) is 0 Å². The molecule has 0 aliphatic carbocycles. The summed E-state index contributed by atoms with van der Waals surface area (Å²) in [7, 11) is 0. The molecule has 2 N–H and O–H groups in total. The van der Waals surface area contributed by atoms with Gasteiger partial charge >= 0.3 is 0 Å². The van der Waals surface area contributed by atoms with Crippen LogP contribution in [0.15, 0.2) is 23.5 Å². The predicted molar refractivity (Wildman–Crippen MR) is 81.9 cm³/mol. The second-order valence-corrected chi connectivity index (χ2v) is 5.27. The Morgan fingerprint density at radius 3 is 2.95 bits per heavy atom. The van der Waals surface area contributed by atoms with Gasteiger partial charge in [0.2, 0.25) is 5.88 Å². The SMILES string of the molecule is CC(C)n1c(O)c(/C=C2\C=Nc3cnccc32)[nH]c1=S. The van der Waals surface area contributed by atoms with Crippen LogP contribution in [-0.4, -0.2) is 25.9 Å². The summed E-state index contributed by atoms with van der Waals surface area (Å²) in [5, 5.41) is 10.3. The Balaban J connectivity index is 2.10. The molecule has 0 aromatic carbocycles. The van der Waals surface area contributed by atoms with Gasteiger partial charge in [0.15, 0.2) is 4.77 Å². The van der Waals surface area contributed by atoms with Crippen molar-refractivity contribution in [3.63, 3.8) is 0 Å². The highest BCUT2D eigenvalue weighted by Crippen LogP contribution is 2.33. The van der Waals surface area contributed by atoms with E-state index in [9.17, 15) is 5.11 Å². The van der Waals surface area contributed by atoms with E-state index in [-0.39, 0.29) is 11.9 Å². The molecule has 3 rings (SSSR count). The molecule has 0 amide bonds. The number of hydrogen-bond acceptors (Lipinski definition) is 4. The van der Waals surface area contributed by atoms with E-state index in [1.807, 2.05) is 26.0 Å². The molecule has 1 aliphatic heterocycles. The minimum absolute atomic E-state index is 0.0969. The molecule has 6 heteroatoms. The highest BCUT2D eigenvalue weighted by molar-refractivity contribution is 7.71. The Hall–Kier alpha value is -2.21. The molecule has 0 bridgehead atoms. The Bertz CT molecular complexity index is 783. The lowest BCUT2D eigenvalue weighted by Crippen LogP contribution is -1.99. The topological polar surface area (TPSA) is 66.2 Å². The number of H-pyrrole nitrogens is 1. The average molecular weight is 286 g/mol. The maximum Gasteiger partial charge on any atom is 0.217 e. The number of allylic oxidation sites excluding steroid dienone is 1. The number of hydrogen-bond donors (Lipinski definition) is 2. The second kappa shape index (κ2) is 4.72. The largest absolute Gasteiger partial charge is 0.493 e. The van der Waals surface area contributed by atoms with Gasteiger partial charge < -0.3 is 10.1 Å². The highest BCUT2D eigenvalue weighted by Gasteiger charge is 2.15. The van der Waals surface area contributed by atoms with Crippen LogP contribution in [0.4, 0.5) is 5.69 Å². The Kier molecular flexibility index (Phi) is 3.02. The van der Waals surface area contributed by atoms with Crippen LogP contribution in [0.2, 0.25) is 0 Å². The van der Waals surface area contributed by atoms with Crippen molar-refractivity contribution in [1.82, 2.24) is 14.5 Å². The van der Waals surface area contributed by atoms with E-state index in [2.05, 4.69) is 15.0 Å². The zero-order valence-corrected chi connectivity index (χ0v) is 12.0. The average Bonchev–Trinajstić information content (AvgIpc) is 2.93. The molecular weight excluding hydrogens is 272 g/mol. The molecule has 3 heterocycles. The fourth-order valence-corrected chi connectivity index (χ4v) is 2.66. The van der Waals surface area contributed by atoms with Crippen LogP contribution >= 0.6 is 12.2 Å². The summed E-state index contributed by atoms with van der Waals surface area (Å²) in [5.41, 5.74) is 3.34. The quantitative estimate of drug-likeness (QED) is 0.831. The van der Waals surface area contributed by atoms with Crippen molar-refractivity contribution < 1.29 is 5.11 Å². The van der Waals surface area contributed by atoms with E-state index in [0.29, 0.717) is 10.5 Å². The summed E-state index contributed by atoms with van der Waals surface area (Å²) in [6.07, 6.45) is 7.05. The zero-order valence-electron chi connectivity index (χ0n) is 11.2. The van der Waals surface area contributed by atoms with Gasteiger partial charge in [0.05, 0.1) is 11.9 Å². The van der Waals surface area contributed by atoms with E-state index in [4.69, 9.17) is 12.2 Å². The first-order chi connectivity index (χ1) is 9.58. The van der Waals surface area contributed by atoms with Crippen molar-refractivity contribution in [2.75, 3.05) is 0 Å². The maximum atomic E-state index is 10.3. The van der Waals surface area contributed by atoms with Crippen molar-refractivity contribution in [3.8, 4) is 5.88 Å². The predicted octanol–water partition coefficient (Wildman–Crippen LogP) is 3.48. The normalized spacial score (nSPS) is 15.2. The molecule has 0 saturated heterocycles. The van der Waals surface area contributed by atoms with Gasteiger partial charge in [-0.25, -0.2) is 0 Å². The highest BCUT2D eigenvalue weighted by atomic mass is 32.1. The Labute approximate surface area is 121 Å². The summed E-state index contributed by atoms with van der Waals surface area (Å²) in [6, 6.07) is 2.00. The van der Waals surface area contributed by atoms with E-state index in [1.165, 1.54) is 0 Å². The first-order valence-electron chi connectivity index (χ1n) is 6.31. The minimum Gasteiger partial charge on any atom is -0.493 e. The van der Waals surface area contributed by atoms with E-state index < -0.39 is 0 Å². The van der Waals surface area contributed by atoms with E-state index >= 15 is 0 Å². The Morgan fingerprint density at radius 1 is 1.45 bits per heavy atom. The molecule has 0 fully saturated rings. The van der Waals surface area contributed by atoms with Gasteiger partial charge in [0.1, 0.15) is 5.69 Å². The molecule has 2 aromatic heterocycles. The molecule has 0 radical (unpaired) electrons. The smallest absolute Gasteiger partial charge is 0.217 e. The lowest BCUT2D eigenvalue weighted by Gasteiger charge is -2.07. The first kappa shape index (κ1) is 12.8. The number of aromatic nitrogens is 3. The fourth-order valence-electron chi connectivity index (χ4n) is 2.25. The summed E-state index contributed by atoms with van der Waals surface area (Å²) in [4.78, 5) is 11.4. The molecule has 1 aliphatic rings. The standard InChI is InChI=1S/C14H14N4OS/c1-8(2)18-13(19)11(17-14(18)20)5-9-6-16-12-7-15-4-3-10(9)12/h3-8,19H,1-2H3,(H,17,20)/b9-5+. The number of pyridine rings is 1. The van der Waals surface area contributed by atoms with Crippen molar-refractivity contribution >= 4 is 35.8 Å². The van der Waals surface area contributed by atoms with Crippen molar-refractivity contribution in [2.45, 2.75) is 19.9 Å². The molecule has 0 atom stereocenters. The van der Waals surface area contributed by atoms with Gasteiger partial charge in [0.25, 0.3) is 0 Å². The number of nitrogens with one attached hydrogen (secondary N) is 1. The molecule has 5 nitrogen and oxygen atoms in total. The molecule has 0 spiro atoms. The van der Waals surface area contributed by atoms with Crippen molar-refractivity contribution in [2.24, 2.45) is 4.99 Å². The minimum atomic E-state index is 0.0969. The summed E-state index contributed by atoms with van der Waals surface area (Å²) in [6.45, 7) is 3.94. The molecular formula is C14H14N4OS. The third-order valence-corrected chi connectivity index (χ3v) is 3.50. The monoisotopic (exact) mass is 286 g/mol. The first-order valence-corrected chi connectivity index (χ1v) is 6.72. The molecule has 0 unspecified atom stereocenters. The fraction of sp³-hybridized carbons (Fsp3) is 0.214. The van der Waals surface area contributed by atoms with Crippen molar-refractivity contribution in [1.29, 1.82) is 0 Å². The van der Waals surface area contributed by atoms with Gasteiger partial charge in [0, 0.05) is 29.6 Å². The second-order valence-electron chi connectivity index (χ2n) is 4.88. The van der Waals surface area contributed by atoms with E-state index in [0.717, 1.165) is 16.8 Å². The number of aromatic hydroxyl groups is 1. The van der Waals surface area contributed by atoms with E-state index in [1.54, 1.807) is 23.2 Å². The number of imidazole rings is 1. The van der Waals surface area contributed by atoms with Crippen LogP contribution in [0, 0.1) is 4.77 Å². The van der Waals surface area contributed by atoms with Crippen LogP contribution < -0.4 is 0 Å². The number of fused-ring (bicyclic) bond motifs is 1. The molecule has 0 saturated carbocycles. The number of nitrogens with zero attached hydrogens (tertiary/aromatic N) is 3. The lowest BCUT2D eigenvalue weighted by atomic mass is 10.1. The van der Waals surface area contributed by atoms with Gasteiger partial charge in [-0.2, -0.15) is 0 Å². The molecule has 20 heavy (non-hydrogen) atoms. The van der Waals surface area contributed by atoms with Crippen LogP contribution in [0.3, 0.4) is 0 Å². The van der Waals surface area contributed by atoms with Crippen molar-refractivity contribution in [3.05, 3.63) is 34.5 Å². The van der Waals surface area contributed by atoms with Crippen LogP contribution in [0.25, 0.3) is 11.6 Å². The molecule has 2 aromatic rings. The summed E-state index contributed by atoms with van der Waals surface area (Å²) >= 11 is 5.23. The number of aromatic amines is 1. The van der Waals surface area contributed by atoms with Gasteiger partial charge in [-0.15, -0.1) is 0 Å². The summed E-state index contributed by atoms with van der Waals surface area (Å²) < 4.78 is 2.19. The lowest BCUT2D eigenvalue weighted by molar-refractivity contribution is 0.397. The summed E-state index contributed by atoms with van der Waals surface area (Å²) in [5.74, 6) is 0.147. The van der Waals surface area contributed by atoms with Gasteiger partial charge in [-0.1, -0.05) is 0 Å². The third-order valence-electron chi connectivity index (χ3n) is 3.20. The van der Waals surface area contributed by atoms with Gasteiger partial charge in [-0.05, 0) is 38.2 Å². The maximum absolute atomic E-state index is 10.3. The number of rotatable bonds is 2.